The van der Waals surface area contributed by atoms with Gasteiger partial charge in [0.25, 0.3) is 5.91 Å². The van der Waals surface area contributed by atoms with E-state index in [1.54, 1.807) is 4.90 Å². The highest BCUT2D eigenvalue weighted by Crippen LogP contribution is 2.22. The first-order valence-electron chi connectivity index (χ1n) is 9.58. The minimum absolute atomic E-state index is 0.0410. The maximum atomic E-state index is 12.8. The zero-order chi connectivity index (χ0) is 17.6. The number of carbonyl (C=O) groups excluding carboxylic acids is 1. The van der Waals surface area contributed by atoms with E-state index in [0.29, 0.717) is 37.1 Å². The van der Waals surface area contributed by atoms with Gasteiger partial charge < -0.3 is 14.7 Å². The summed E-state index contributed by atoms with van der Waals surface area (Å²) in [7, 11) is 0. The van der Waals surface area contributed by atoms with Gasteiger partial charge >= 0.3 is 0 Å². The largest absolute Gasteiger partial charge is 0.491 e. The summed E-state index contributed by atoms with van der Waals surface area (Å²) in [5, 5.41) is 9.82. The van der Waals surface area contributed by atoms with Crippen LogP contribution in [-0.4, -0.2) is 65.7 Å². The third-order valence-corrected chi connectivity index (χ3v) is 5.38. The first-order chi connectivity index (χ1) is 12.1. The van der Waals surface area contributed by atoms with Crippen molar-refractivity contribution in [2.75, 3.05) is 32.8 Å². The number of amides is 1. The summed E-state index contributed by atoms with van der Waals surface area (Å²) >= 11 is 0. The fourth-order valence-electron chi connectivity index (χ4n) is 3.84. The van der Waals surface area contributed by atoms with Crippen molar-refractivity contribution in [3.8, 4) is 5.75 Å². The maximum absolute atomic E-state index is 12.8. The van der Waals surface area contributed by atoms with E-state index in [1.807, 2.05) is 24.3 Å². The van der Waals surface area contributed by atoms with Crippen LogP contribution in [0.4, 0.5) is 0 Å². The average Bonchev–Trinajstić information content (AvgIpc) is 2.63. The summed E-state index contributed by atoms with van der Waals surface area (Å²) < 4.78 is 5.98. The van der Waals surface area contributed by atoms with Crippen LogP contribution in [0, 0.1) is 0 Å². The zero-order valence-electron chi connectivity index (χ0n) is 15.2. The molecule has 2 aliphatic heterocycles. The second-order valence-electron chi connectivity index (χ2n) is 7.27. The summed E-state index contributed by atoms with van der Waals surface area (Å²) in [5.74, 6) is 0.609. The van der Waals surface area contributed by atoms with E-state index in [0.717, 1.165) is 25.9 Å². The number of rotatable bonds is 5. The van der Waals surface area contributed by atoms with E-state index >= 15 is 0 Å². The first-order valence-corrected chi connectivity index (χ1v) is 9.58. The van der Waals surface area contributed by atoms with Gasteiger partial charge in [-0.2, -0.15) is 0 Å². The van der Waals surface area contributed by atoms with Crippen molar-refractivity contribution in [1.82, 2.24) is 9.80 Å². The predicted octanol–water partition coefficient (Wildman–Crippen LogP) is 2.54. The molecule has 25 heavy (non-hydrogen) atoms. The smallest absolute Gasteiger partial charge is 0.257 e. The van der Waals surface area contributed by atoms with Crippen molar-refractivity contribution in [2.24, 2.45) is 0 Å². The number of piperidine rings is 2. The maximum Gasteiger partial charge on any atom is 0.257 e. The summed E-state index contributed by atoms with van der Waals surface area (Å²) in [6, 6.07) is 8.08. The number of hydrogen-bond donors (Lipinski definition) is 1. The molecule has 1 amide bonds. The molecule has 0 aromatic heterocycles. The molecule has 5 nitrogen and oxygen atoms in total. The number of aliphatic hydroxyl groups excluding tert-OH is 1. The van der Waals surface area contributed by atoms with Gasteiger partial charge in [0.1, 0.15) is 12.4 Å². The van der Waals surface area contributed by atoms with Gasteiger partial charge in [0.2, 0.25) is 0 Å². The van der Waals surface area contributed by atoms with Gasteiger partial charge in [-0.3, -0.25) is 9.69 Å². The van der Waals surface area contributed by atoms with E-state index in [1.165, 1.54) is 19.3 Å². The van der Waals surface area contributed by atoms with Crippen molar-refractivity contribution in [3.63, 3.8) is 0 Å². The minimum atomic E-state index is -0.411. The lowest BCUT2D eigenvalue weighted by Gasteiger charge is -2.33. The molecule has 2 fully saturated rings. The van der Waals surface area contributed by atoms with Crippen LogP contribution in [0.1, 0.15) is 49.4 Å². The van der Waals surface area contributed by atoms with Crippen molar-refractivity contribution in [2.45, 2.75) is 51.2 Å². The van der Waals surface area contributed by atoms with Crippen molar-refractivity contribution >= 4 is 5.91 Å². The van der Waals surface area contributed by atoms with Gasteiger partial charge in [0.05, 0.1) is 11.7 Å². The second kappa shape index (κ2) is 8.68. The van der Waals surface area contributed by atoms with Crippen molar-refractivity contribution < 1.29 is 14.6 Å². The molecule has 0 unspecified atom stereocenters. The van der Waals surface area contributed by atoms with Gasteiger partial charge in [-0.1, -0.05) is 18.6 Å². The molecule has 5 heteroatoms. The summed E-state index contributed by atoms with van der Waals surface area (Å²) in [5.41, 5.74) is 0.600. The Bertz CT molecular complexity index is 578. The number of β-amino-alcohol motifs (C(OH)–C–C–N with tert-alkyl or cyclic N) is 1. The molecule has 2 saturated heterocycles. The SMILES string of the molecule is C[C@H]1CCCCN1CCOc1ccccc1C(=O)N1CCC[C@H](O)C1. The molecule has 0 aliphatic carbocycles. The monoisotopic (exact) mass is 346 g/mol. The molecule has 1 aromatic rings. The Morgan fingerprint density at radius 3 is 2.84 bits per heavy atom. The van der Waals surface area contributed by atoms with Crippen molar-refractivity contribution in [3.05, 3.63) is 29.8 Å². The third-order valence-electron chi connectivity index (χ3n) is 5.38. The second-order valence-corrected chi connectivity index (χ2v) is 7.27. The fraction of sp³-hybridized carbons (Fsp3) is 0.650. The summed E-state index contributed by atoms with van der Waals surface area (Å²) in [4.78, 5) is 17.0. The van der Waals surface area contributed by atoms with Gasteiger partial charge in [0, 0.05) is 25.7 Å². The van der Waals surface area contributed by atoms with Crippen LogP contribution in [0.3, 0.4) is 0 Å². The number of nitrogens with zero attached hydrogens (tertiary/aromatic N) is 2. The van der Waals surface area contributed by atoms with Gasteiger partial charge in [0.15, 0.2) is 0 Å². The predicted molar refractivity (Wildman–Crippen MR) is 98.0 cm³/mol. The lowest BCUT2D eigenvalue weighted by Crippen LogP contribution is -2.42. The van der Waals surface area contributed by atoms with E-state index in [9.17, 15) is 9.90 Å². The Morgan fingerprint density at radius 2 is 2.04 bits per heavy atom. The highest BCUT2D eigenvalue weighted by Gasteiger charge is 2.25. The summed E-state index contributed by atoms with van der Waals surface area (Å²) in [6.07, 6.45) is 5.05. The molecule has 0 saturated carbocycles. The Labute approximate surface area is 150 Å². The van der Waals surface area contributed by atoms with E-state index < -0.39 is 6.10 Å². The lowest BCUT2D eigenvalue weighted by molar-refractivity contribution is 0.0469. The molecule has 1 N–H and O–H groups in total. The number of aliphatic hydroxyl groups is 1. The molecule has 3 rings (SSSR count). The Hall–Kier alpha value is -1.59. The number of benzene rings is 1. The van der Waals surface area contributed by atoms with Crippen LogP contribution >= 0.6 is 0 Å². The molecule has 0 bridgehead atoms. The van der Waals surface area contributed by atoms with Crippen LogP contribution in [0.5, 0.6) is 5.75 Å². The molecule has 2 aliphatic rings. The zero-order valence-corrected chi connectivity index (χ0v) is 15.2. The van der Waals surface area contributed by atoms with Crippen molar-refractivity contribution in [1.29, 1.82) is 0 Å². The fourth-order valence-corrected chi connectivity index (χ4v) is 3.84. The van der Waals surface area contributed by atoms with Crippen LogP contribution in [0.15, 0.2) is 24.3 Å². The Morgan fingerprint density at radius 1 is 1.20 bits per heavy atom. The van der Waals surface area contributed by atoms with Gasteiger partial charge in [-0.05, 0) is 51.3 Å². The quantitative estimate of drug-likeness (QED) is 0.890. The Balaban J connectivity index is 1.59. The number of carbonyl (C=O) groups is 1. The molecule has 0 spiro atoms. The van der Waals surface area contributed by atoms with Crippen LogP contribution in [0.25, 0.3) is 0 Å². The van der Waals surface area contributed by atoms with E-state index in [2.05, 4.69) is 11.8 Å². The molecular formula is C20H30N2O3. The molecule has 2 heterocycles. The minimum Gasteiger partial charge on any atom is -0.491 e. The highest BCUT2D eigenvalue weighted by atomic mass is 16.5. The lowest BCUT2D eigenvalue weighted by atomic mass is 10.0. The highest BCUT2D eigenvalue weighted by molar-refractivity contribution is 5.97. The Kier molecular flexibility index (Phi) is 6.32. The van der Waals surface area contributed by atoms with E-state index in [-0.39, 0.29) is 5.91 Å². The normalized spacial score (nSPS) is 25.0. The van der Waals surface area contributed by atoms with E-state index in [4.69, 9.17) is 4.74 Å². The molecule has 138 valence electrons. The molecule has 2 atom stereocenters. The number of likely N-dealkylation sites (tertiary alicyclic amines) is 2. The first kappa shape index (κ1) is 18.2. The third kappa shape index (κ3) is 4.73. The van der Waals surface area contributed by atoms with Crippen LogP contribution in [0.2, 0.25) is 0 Å². The van der Waals surface area contributed by atoms with Gasteiger partial charge in [-0.25, -0.2) is 0 Å². The van der Waals surface area contributed by atoms with Gasteiger partial charge in [-0.15, -0.1) is 0 Å². The number of hydrogen-bond acceptors (Lipinski definition) is 4. The average molecular weight is 346 g/mol. The number of ether oxygens (including phenoxy) is 1. The molecule has 0 radical (unpaired) electrons. The van der Waals surface area contributed by atoms with Crippen LogP contribution in [-0.2, 0) is 0 Å². The molecule has 1 aromatic carbocycles. The standard InChI is InChI=1S/C20H30N2O3/c1-16-7-4-5-11-21(16)13-14-25-19-10-3-2-9-18(19)20(24)22-12-6-8-17(23)15-22/h2-3,9-10,16-17,23H,4-8,11-15H2,1H3/t16-,17-/m0/s1. The molecular weight excluding hydrogens is 316 g/mol. The summed E-state index contributed by atoms with van der Waals surface area (Å²) in [6.45, 7) is 6.02. The topological polar surface area (TPSA) is 53.0 Å². The number of para-hydroxylation sites is 1. The van der Waals surface area contributed by atoms with Crippen LogP contribution < -0.4 is 4.74 Å².